The number of nitrogens with one attached hydrogen (secondary N) is 1. The fourth-order valence-corrected chi connectivity index (χ4v) is 4.95. The second-order valence-electron chi connectivity index (χ2n) is 8.50. The topological polar surface area (TPSA) is 131 Å². The van der Waals surface area contributed by atoms with E-state index in [-0.39, 0.29) is 17.3 Å². The number of aromatic amines is 1. The van der Waals surface area contributed by atoms with E-state index in [1.165, 1.54) is 19.1 Å². The number of Topliss-reactive ketones (excluding diaryl/α,β-unsaturated/α-hetero) is 1. The fourth-order valence-electron chi connectivity index (χ4n) is 4.57. The molecule has 38 heavy (non-hydrogen) atoms. The third kappa shape index (κ3) is 3.70. The van der Waals surface area contributed by atoms with Crippen LogP contribution >= 0.6 is 15.9 Å². The van der Waals surface area contributed by atoms with Gasteiger partial charge in [0.1, 0.15) is 11.6 Å². The van der Waals surface area contributed by atoms with E-state index in [2.05, 4.69) is 30.9 Å². The molecule has 1 amide bonds. The van der Waals surface area contributed by atoms with Gasteiger partial charge in [0, 0.05) is 28.2 Å². The van der Waals surface area contributed by atoms with Crippen LogP contribution < -0.4 is 14.4 Å². The maximum Gasteiger partial charge on any atom is 0.296 e. The number of H-pyrrole nitrogens is 1. The molecule has 0 aliphatic carbocycles. The highest BCUT2D eigenvalue weighted by atomic mass is 79.9. The zero-order chi connectivity index (χ0) is 26.6. The summed E-state index contributed by atoms with van der Waals surface area (Å²) in [4.78, 5) is 40.5. The molecule has 0 bridgehead atoms. The third-order valence-electron chi connectivity index (χ3n) is 6.33. The lowest BCUT2D eigenvalue weighted by molar-refractivity contribution is -0.117. The number of amides is 1. The molecule has 1 unspecified atom stereocenters. The minimum absolute atomic E-state index is 0.0192. The minimum Gasteiger partial charge on any atom is -0.503 e. The number of anilines is 1. The molecule has 1 aliphatic rings. The highest BCUT2D eigenvalue weighted by molar-refractivity contribution is 9.10. The smallest absolute Gasteiger partial charge is 0.296 e. The first-order chi connectivity index (χ1) is 18.4. The second kappa shape index (κ2) is 9.03. The number of fused-ring (bicyclic) bond motifs is 2. The van der Waals surface area contributed by atoms with Gasteiger partial charge in [-0.05, 0) is 36.4 Å². The average Bonchev–Trinajstić information content (AvgIpc) is 3.61. The largest absolute Gasteiger partial charge is 0.503 e. The van der Waals surface area contributed by atoms with Gasteiger partial charge in [0.2, 0.25) is 11.7 Å². The van der Waals surface area contributed by atoms with Crippen molar-refractivity contribution in [3.05, 3.63) is 88.1 Å². The summed E-state index contributed by atoms with van der Waals surface area (Å²) in [6.45, 7) is 0. The molecule has 2 N–H and O–H groups in total. The SMILES string of the molecule is COc1cc2nc(N3C(=O)C(O)=C(C(=O)c4cc5cc(Br)ccc5o4)C3c3ccccn3)[nH]c2cc1OC. The van der Waals surface area contributed by atoms with Crippen LogP contribution in [0.15, 0.2) is 81.0 Å². The molecule has 0 radical (unpaired) electrons. The predicted octanol–water partition coefficient (Wildman–Crippen LogP) is 5.27. The van der Waals surface area contributed by atoms with Crippen LogP contribution in [0.2, 0.25) is 0 Å². The molecule has 6 rings (SSSR count). The maximum atomic E-state index is 13.8. The summed E-state index contributed by atoms with van der Waals surface area (Å²) in [5, 5.41) is 11.7. The molecule has 1 atom stereocenters. The van der Waals surface area contributed by atoms with Crippen molar-refractivity contribution >= 4 is 55.6 Å². The number of hydrogen-bond acceptors (Lipinski definition) is 8. The molecule has 0 fully saturated rings. The van der Waals surface area contributed by atoms with Crippen LogP contribution in [0.5, 0.6) is 11.5 Å². The van der Waals surface area contributed by atoms with Gasteiger partial charge in [0.05, 0.1) is 36.5 Å². The van der Waals surface area contributed by atoms with Crippen LogP contribution in [0.25, 0.3) is 22.0 Å². The van der Waals surface area contributed by atoms with E-state index < -0.39 is 23.5 Å². The summed E-state index contributed by atoms with van der Waals surface area (Å²) in [7, 11) is 3.02. The van der Waals surface area contributed by atoms with Gasteiger partial charge in [-0.1, -0.05) is 22.0 Å². The Morgan fingerprint density at radius 2 is 1.89 bits per heavy atom. The summed E-state index contributed by atoms with van der Waals surface area (Å²) in [5.41, 5.74) is 1.75. The van der Waals surface area contributed by atoms with E-state index in [9.17, 15) is 14.7 Å². The number of nitrogens with zero attached hydrogens (tertiary/aromatic N) is 3. The summed E-state index contributed by atoms with van der Waals surface area (Å²) >= 11 is 3.41. The molecule has 3 aromatic heterocycles. The van der Waals surface area contributed by atoms with Crippen LogP contribution in [0, 0.1) is 0 Å². The van der Waals surface area contributed by atoms with E-state index >= 15 is 0 Å². The van der Waals surface area contributed by atoms with Gasteiger partial charge >= 0.3 is 0 Å². The molecule has 0 saturated heterocycles. The highest BCUT2D eigenvalue weighted by Gasteiger charge is 2.47. The van der Waals surface area contributed by atoms with Crippen LogP contribution in [0.4, 0.5) is 5.95 Å². The first kappa shape index (κ1) is 23.7. The first-order valence-electron chi connectivity index (χ1n) is 11.4. The molecule has 4 heterocycles. The number of carbonyl (C=O) groups excluding carboxylic acids is 2. The molecule has 190 valence electrons. The van der Waals surface area contributed by atoms with E-state index in [1.54, 1.807) is 54.7 Å². The minimum atomic E-state index is -1.07. The average molecular weight is 575 g/mol. The Morgan fingerprint density at radius 1 is 1.11 bits per heavy atom. The Morgan fingerprint density at radius 3 is 2.63 bits per heavy atom. The number of furan rings is 1. The molecular formula is C27H19BrN4O6. The van der Waals surface area contributed by atoms with Crippen molar-refractivity contribution in [3.63, 3.8) is 0 Å². The quantitative estimate of drug-likeness (QED) is 0.262. The van der Waals surface area contributed by atoms with Gasteiger partial charge in [-0.2, -0.15) is 0 Å². The lowest BCUT2D eigenvalue weighted by Gasteiger charge is -2.23. The second-order valence-corrected chi connectivity index (χ2v) is 9.42. The van der Waals surface area contributed by atoms with Crippen molar-refractivity contribution in [1.29, 1.82) is 0 Å². The van der Waals surface area contributed by atoms with Crippen molar-refractivity contribution in [2.24, 2.45) is 0 Å². The van der Waals surface area contributed by atoms with Crippen molar-refractivity contribution in [3.8, 4) is 11.5 Å². The maximum absolute atomic E-state index is 13.8. The Kier molecular flexibility index (Phi) is 5.64. The van der Waals surface area contributed by atoms with E-state index in [4.69, 9.17) is 13.9 Å². The Bertz CT molecular complexity index is 1730. The molecule has 0 spiro atoms. The van der Waals surface area contributed by atoms with Crippen LogP contribution in [-0.2, 0) is 4.79 Å². The van der Waals surface area contributed by atoms with E-state index in [0.29, 0.717) is 39.2 Å². The van der Waals surface area contributed by atoms with E-state index in [0.717, 1.165) is 4.47 Å². The number of ketones is 1. The van der Waals surface area contributed by atoms with Gasteiger partial charge < -0.3 is 24.0 Å². The lowest BCUT2D eigenvalue weighted by Crippen LogP contribution is -2.32. The number of aromatic nitrogens is 3. The van der Waals surface area contributed by atoms with E-state index in [1.807, 2.05) is 6.07 Å². The summed E-state index contributed by atoms with van der Waals surface area (Å²) in [5.74, 6) is -1.13. The number of hydrogen-bond donors (Lipinski definition) is 2. The number of rotatable bonds is 6. The monoisotopic (exact) mass is 574 g/mol. The van der Waals surface area contributed by atoms with Gasteiger partial charge in [0.15, 0.2) is 23.0 Å². The van der Waals surface area contributed by atoms with Crippen molar-refractivity contribution in [1.82, 2.24) is 15.0 Å². The summed E-state index contributed by atoms with van der Waals surface area (Å²) < 4.78 is 17.3. The molecule has 11 heteroatoms. The number of aliphatic hydroxyl groups is 1. The normalized spacial score (nSPS) is 15.6. The van der Waals surface area contributed by atoms with Crippen molar-refractivity contribution in [2.75, 3.05) is 19.1 Å². The number of ether oxygens (including phenoxy) is 2. The molecular weight excluding hydrogens is 556 g/mol. The first-order valence-corrected chi connectivity index (χ1v) is 12.2. The van der Waals surface area contributed by atoms with Gasteiger partial charge in [-0.15, -0.1) is 0 Å². The molecule has 1 aliphatic heterocycles. The third-order valence-corrected chi connectivity index (χ3v) is 6.82. The van der Waals surface area contributed by atoms with Crippen molar-refractivity contribution in [2.45, 2.75) is 6.04 Å². The molecule has 5 aromatic rings. The van der Waals surface area contributed by atoms with Gasteiger partial charge in [-0.25, -0.2) is 4.98 Å². The highest BCUT2D eigenvalue weighted by Crippen LogP contribution is 2.42. The number of benzene rings is 2. The number of halogens is 1. The molecule has 10 nitrogen and oxygen atoms in total. The van der Waals surface area contributed by atoms with Crippen LogP contribution in [0.1, 0.15) is 22.3 Å². The Hall–Kier alpha value is -4.64. The van der Waals surface area contributed by atoms with Gasteiger partial charge in [-0.3, -0.25) is 19.5 Å². The zero-order valence-electron chi connectivity index (χ0n) is 20.1. The lowest BCUT2D eigenvalue weighted by atomic mass is 9.98. The van der Waals surface area contributed by atoms with Crippen LogP contribution in [0.3, 0.4) is 0 Å². The fraction of sp³-hybridized carbons (Fsp3) is 0.111. The summed E-state index contributed by atoms with van der Waals surface area (Å²) in [6, 6.07) is 14.3. The number of pyridine rings is 1. The van der Waals surface area contributed by atoms with Gasteiger partial charge in [0.25, 0.3) is 5.91 Å². The number of aliphatic hydroxyl groups excluding tert-OH is 1. The predicted molar refractivity (Wildman–Crippen MR) is 142 cm³/mol. The number of carbonyl (C=O) groups is 2. The molecule has 0 saturated carbocycles. The Balaban J connectivity index is 1.49. The summed E-state index contributed by atoms with van der Waals surface area (Å²) in [6.07, 6.45) is 1.54. The van der Waals surface area contributed by atoms with Crippen LogP contribution in [-0.4, -0.2) is 46.0 Å². The Labute approximate surface area is 223 Å². The van der Waals surface area contributed by atoms with Crippen molar-refractivity contribution < 1.29 is 28.6 Å². The number of imidazole rings is 1. The zero-order valence-corrected chi connectivity index (χ0v) is 21.6. The number of methoxy groups -OCH3 is 2. The molecule has 2 aromatic carbocycles. The standard InChI is InChI=1S/C27H19BrN4O6/c1-36-19-11-16-17(12-20(19)37-2)31-27(30-16)32-23(15-5-3-4-8-29-15)22(25(34)26(32)35)24(33)21-10-13-9-14(28)6-7-18(13)38-21/h3-12,23,34H,1-2H3,(H,30,31).